The SMILES string of the molecule is C[C@@H](CN1CCCC1(C)C)[C@@H](N)c1ccccc1. The van der Waals surface area contributed by atoms with Crippen LogP contribution in [0.25, 0.3) is 0 Å². The largest absolute Gasteiger partial charge is 0.324 e. The van der Waals surface area contributed by atoms with Crippen molar-refractivity contribution < 1.29 is 0 Å². The lowest BCUT2D eigenvalue weighted by Gasteiger charge is -2.35. The maximum Gasteiger partial charge on any atom is 0.0333 e. The summed E-state index contributed by atoms with van der Waals surface area (Å²) in [4.78, 5) is 2.60. The quantitative estimate of drug-likeness (QED) is 0.884. The molecule has 100 valence electrons. The van der Waals surface area contributed by atoms with Crippen LogP contribution in [0.1, 0.15) is 45.2 Å². The maximum atomic E-state index is 6.38. The summed E-state index contributed by atoms with van der Waals surface area (Å²) >= 11 is 0. The van der Waals surface area contributed by atoms with Crippen molar-refractivity contribution in [2.45, 2.75) is 45.2 Å². The number of nitrogens with zero attached hydrogens (tertiary/aromatic N) is 1. The molecule has 1 fully saturated rings. The molecular weight excluding hydrogens is 220 g/mol. The predicted octanol–water partition coefficient (Wildman–Crippen LogP) is 3.20. The highest BCUT2D eigenvalue weighted by Crippen LogP contribution is 2.30. The first-order valence-electron chi connectivity index (χ1n) is 7.06. The molecule has 1 heterocycles. The Morgan fingerprint density at radius 3 is 2.50 bits per heavy atom. The van der Waals surface area contributed by atoms with Crippen LogP contribution in [0, 0.1) is 5.92 Å². The van der Waals surface area contributed by atoms with E-state index in [0.717, 1.165) is 6.54 Å². The third kappa shape index (κ3) is 2.93. The number of likely N-dealkylation sites (tertiary alicyclic amines) is 1. The summed E-state index contributed by atoms with van der Waals surface area (Å²) in [5.41, 5.74) is 7.98. The fourth-order valence-electron chi connectivity index (χ4n) is 2.97. The molecule has 2 rings (SSSR count). The van der Waals surface area contributed by atoms with Crippen LogP contribution in [0.2, 0.25) is 0 Å². The van der Waals surface area contributed by atoms with Crippen molar-refractivity contribution in [3.8, 4) is 0 Å². The van der Waals surface area contributed by atoms with Gasteiger partial charge in [-0.2, -0.15) is 0 Å². The van der Waals surface area contributed by atoms with Gasteiger partial charge < -0.3 is 5.73 Å². The first kappa shape index (κ1) is 13.6. The molecule has 1 aliphatic rings. The highest BCUT2D eigenvalue weighted by atomic mass is 15.2. The minimum atomic E-state index is 0.141. The molecule has 1 aliphatic heterocycles. The number of benzene rings is 1. The summed E-state index contributed by atoms with van der Waals surface area (Å²) in [6.07, 6.45) is 2.63. The van der Waals surface area contributed by atoms with Crippen LogP contribution in [-0.4, -0.2) is 23.5 Å². The molecule has 1 aromatic carbocycles. The zero-order chi connectivity index (χ0) is 13.2. The Morgan fingerprint density at radius 1 is 1.28 bits per heavy atom. The molecule has 0 saturated carbocycles. The van der Waals surface area contributed by atoms with E-state index in [1.807, 2.05) is 6.07 Å². The van der Waals surface area contributed by atoms with E-state index in [2.05, 4.69) is 49.9 Å². The molecule has 0 bridgehead atoms. The van der Waals surface area contributed by atoms with Gasteiger partial charge >= 0.3 is 0 Å². The van der Waals surface area contributed by atoms with E-state index in [1.54, 1.807) is 0 Å². The Balaban J connectivity index is 1.98. The minimum absolute atomic E-state index is 0.141. The summed E-state index contributed by atoms with van der Waals surface area (Å²) in [6, 6.07) is 10.6. The third-order valence-corrected chi connectivity index (χ3v) is 4.38. The molecule has 2 N–H and O–H groups in total. The molecule has 2 atom stereocenters. The van der Waals surface area contributed by atoms with Crippen molar-refractivity contribution in [2.24, 2.45) is 11.7 Å². The van der Waals surface area contributed by atoms with Crippen molar-refractivity contribution in [3.05, 3.63) is 35.9 Å². The summed E-state index contributed by atoms with van der Waals surface area (Å²) in [6.45, 7) is 9.29. The van der Waals surface area contributed by atoms with Crippen LogP contribution in [-0.2, 0) is 0 Å². The number of hydrogen-bond donors (Lipinski definition) is 1. The highest BCUT2D eigenvalue weighted by Gasteiger charge is 2.33. The molecule has 0 radical (unpaired) electrons. The molecule has 0 unspecified atom stereocenters. The van der Waals surface area contributed by atoms with Crippen LogP contribution in [0.15, 0.2) is 30.3 Å². The van der Waals surface area contributed by atoms with Gasteiger partial charge in [0.15, 0.2) is 0 Å². The molecular formula is C16H26N2. The van der Waals surface area contributed by atoms with Gasteiger partial charge in [0.2, 0.25) is 0 Å². The van der Waals surface area contributed by atoms with Crippen LogP contribution < -0.4 is 5.73 Å². The average Bonchev–Trinajstić information content (AvgIpc) is 2.69. The van der Waals surface area contributed by atoms with Crippen molar-refractivity contribution >= 4 is 0 Å². The normalized spacial score (nSPS) is 22.9. The highest BCUT2D eigenvalue weighted by molar-refractivity contribution is 5.19. The molecule has 0 spiro atoms. The van der Waals surface area contributed by atoms with Gasteiger partial charge in [0.05, 0.1) is 0 Å². The molecule has 2 heteroatoms. The van der Waals surface area contributed by atoms with Gasteiger partial charge in [-0.25, -0.2) is 0 Å². The molecule has 1 aromatic rings. The van der Waals surface area contributed by atoms with E-state index in [1.165, 1.54) is 24.9 Å². The lowest BCUT2D eigenvalue weighted by atomic mass is 9.93. The second-order valence-corrected chi connectivity index (χ2v) is 6.28. The summed E-state index contributed by atoms with van der Waals surface area (Å²) in [7, 11) is 0. The third-order valence-electron chi connectivity index (χ3n) is 4.38. The topological polar surface area (TPSA) is 29.3 Å². The van der Waals surface area contributed by atoms with Crippen LogP contribution >= 0.6 is 0 Å². The van der Waals surface area contributed by atoms with E-state index in [4.69, 9.17) is 5.73 Å². The Labute approximate surface area is 111 Å². The zero-order valence-corrected chi connectivity index (χ0v) is 11.9. The Hall–Kier alpha value is -0.860. The average molecular weight is 246 g/mol. The van der Waals surface area contributed by atoms with Gasteiger partial charge in [-0.15, -0.1) is 0 Å². The fraction of sp³-hybridized carbons (Fsp3) is 0.625. The van der Waals surface area contributed by atoms with Gasteiger partial charge in [0.25, 0.3) is 0 Å². The zero-order valence-electron chi connectivity index (χ0n) is 11.9. The van der Waals surface area contributed by atoms with Crippen molar-refractivity contribution in [3.63, 3.8) is 0 Å². The molecule has 18 heavy (non-hydrogen) atoms. The van der Waals surface area contributed by atoms with E-state index < -0.39 is 0 Å². The smallest absolute Gasteiger partial charge is 0.0333 e. The maximum absolute atomic E-state index is 6.38. The Kier molecular flexibility index (Phi) is 4.08. The molecule has 0 aliphatic carbocycles. The minimum Gasteiger partial charge on any atom is -0.324 e. The van der Waals surface area contributed by atoms with Crippen molar-refractivity contribution in [1.29, 1.82) is 0 Å². The van der Waals surface area contributed by atoms with E-state index in [9.17, 15) is 0 Å². The van der Waals surface area contributed by atoms with Gasteiger partial charge in [0.1, 0.15) is 0 Å². The van der Waals surface area contributed by atoms with Gasteiger partial charge in [-0.05, 0) is 44.7 Å². The van der Waals surface area contributed by atoms with Crippen LogP contribution in [0.5, 0.6) is 0 Å². The van der Waals surface area contributed by atoms with E-state index >= 15 is 0 Å². The first-order valence-corrected chi connectivity index (χ1v) is 7.06. The Morgan fingerprint density at radius 2 is 1.94 bits per heavy atom. The number of hydrogen-bond acceptors (Lipinski definition) is 2. The fourth-order valence-corrected chi connectivity index (χ4v) is 2.97. The molecule has 2 nitrogen and oxygen atoms in total. The van der Waals surface area contributed by atoms with Gasteiger partial charge in [-0.3, -0.25) is 4.90 Å². The van der Waals surface area contributed by atoms with E-state index in [0.29, 0.717) is 11.5 Å². The number of nitrogens with two attached hydrogens (primary N) is 1. The van der Waals surface area contributed by atoms with Crippen LogP contribution in [0.4, 0.5) is 0 Å². The predicted molar refractivity (Wildman–Crippen MR) is 77.4 cm³/mol. The lowest BCUT2D eigenvalue weighted by Crippen LogP contribution is -2.42. The lowest BCUT2D eigenvalue weighted by molar-refractivity contribution is 0.144. The molecule has 0 amide bonds. The molecule has 1 saturated heterocycles. The van der Waals surface area contributed by atoms with Gasteiger partial charge in [0, 0.05) is 18.1 Å². The first-order chi connectivity index (χ1) is 8.50. The Bertz CT molecular complexity index is 372. The van der Waals surface area contributed by atoms with Crippen molar-refractivity contribution in [1.82, 2.24) is 4.90 Å². The van der Waals surface area contributed by atoms with Crippen LogP contribution in [0.3, 0.4) is 0 Å². The second kappa shape index (κ2) is 5.41. The monoisotopic (exact) mass is 246 g/mol. The van der Waals surface area contributed by atoms with Gasteiger partial charge in [-0.1, -0.05) is 37.3 Å². The second-order valence-electron chi connectivity index (χ2n) is 6.28. The summed E-state index contributed by atoms with van der Waals surface area (Å²) in [5.74, 6) is 0.491. The van der Waals surface area contributed by atoms with E-state index in [-0.39, 0.29) is 6.04 Å². The van der Waals surface area contributed by atoms with Crippen molar-refractivity contribution in [2.75, 3.05) is 13.1 Å². The number of rotatable bonds is 4. The standard InChI is InChI=1S/C16H26N2/c1-13(12-18-11-7-10-16(18,2)3)15(17)14-8-5-4-6-9-14/h4-6,8-9,13,15H,7,10-12,17H2,1-3H3/t13-,15+/m0/s1. The molecule has 0 aromatic heterocycles. The summed E-state index contributed by atoms with van der Waals surface area (Å²) in [5, 5.41) is 0. The summed E-state index contributed by atoms with van der Waals surface area (Å²) < 4.78 is 0.